The maximum atomic E-state index is 11.3. The molecule has 0 saturated carbocycles. The zero-order valence-electron chi connectivity index (χ0n) is 9.08. The van der Waals surface area contributed by atoms with Crippen LogP contribution in [0.4, 0.5) is 0 Å². The fourth-order valence-corrected chi connectivity index (χ4v) is 3.02. The average Bonchev–Trinajstić information content (AvgIpc) is 2.79. The second-order valence-electron chi connectivity index (χ2n) is 3.75. The molecule has 88 valence electrons. The molecule has 0 fully saturated rings. The van der Waals surface area contributed by atoms with Gasteiger partial charge in [0.15, 0.2) is 11.3 Å². The minimum absolute atomic E-state index is 0.385. The summed E-state index contributed by atoms with van der Waals surface area (Å²) >= 11 is 2.25. The largest absolute Gasteiger partial charge is 0.490 e. The monoisotopic (exact) mass is 344 g/mol. The summed E-state index contributed by atoms with van der Waals surface area (Å²) in [6.45, 7) is 0.641. The van der Waals surface area contributed by atoms with Gasteiger partial charge in [0.05, 0.1) is 13.7 Å². The number of ether oxygens (including phenoxy) is 2. The van der Waals surface area contributed by atoms with Crippen LogP contribution in [0.5, 0.6) is 11.5 Å². The van der Waals surface area contributed by atoms with Crippen LogP contribution in [-0.2, 0) is 6.42 Å². The minimum atomic E-state index is -0.385. The molecule has 0 bridgehead atoms. The molecule has 2 aromatic rings. The van der Waals surface area contributed by atoms with Crippen molar-refractivity contribution in [3.63, 3.8) is 0 Å². The fraction of sp³-hybridized carbons (Fsp3) is 0.250. The third-order valence-electron chi connectivity index (χ3n) is 2.82. The van der Waals surface area contributed by atoms with Crippen LogP contribution in [0.15, 0.2) is 21.3 Å². The second-order valence-corrected chi connectivity index (χ2v) is 4.83. The van der Waals surface area contributed by atoms with Crippen molar-refractivity contribution in [1.82, 2.24) is 0 Å². The van der Waals surface area contributed by atoms with Crippen LogP contribution in [-0.4, -0.2) is 13.7 Å². The van der Waals surface area contributed by atoms with Crippen molar-refractivity contribution in [2.45, 2.75) is 6.42 Å². The van der Waals surface area contributed by atoms with Gasteiger partial charge >= 0.3 is 5.63 Å². The van der Waals surface area contributed by atoms with E-state index < -0.39 is 0 Å². The summed E-state index contributed by atoms with van der Waals surface area (Å²) in [6, 6.07) is 3.19. The minimum Gasteiger partial charge on any atom is -0.490 e. The van der Waals surface area contributed by atoms with Crippen LogP contribution >= 0.6 is 22.6 Å². The number of rotatable bonds is 1. The van der Waals surface area contributed by atoms with E-state index in [-0.39, 0.29) is 5.63 Å². The molecule has 0 N–H and O–H groups in total. The Morgan fingerprint density at radius 3 is 3.00 bits per heavy atom. The summed E-state index contributed by atoms with van der Waals surface area (Å²) in [5.74, 6) is 1.23. The van der Waals surface area contributed by atoms with E-state index >= 15 is 0 Å². The molecule has 0 atom stereocenters. The Balaban J connectivity index is 2.51. The van der Waals surface area contributed by atoms with Crippen molar-refractivity contribution in [2.24, 2.45) is 0 Å². The van der Waals surface area contributed by atoms with Crippen molar-refractivity contribution in [3.05, 3.63) is 31.7 Å². The van der Waals surface area contributed by atoms with Crippen LogP contribution in [0.25, 0.3) is 11.0 Å². The number of hydrogen-bond donors (Lipinski definition) is 0. The zero-order chi connectivity index (χ0) is 12.0. The van der Waals surface area contributed by atoms with Crippen molar-refractivity contribution in [2.75, 3.05) is 13.7 Å². The Bertz CT molecular complexity index is 660. The predicted molar refractivity (Wildman–Crippen MR) is 71.0 cm³/mol. The number of hydrogen-bond acceptors (Lipinski definition) is 4. The number of fused-ring (bicyclic) bond motifs is 2. The van der Waals surface area contributed by atoms with E-state index in [0.29, 0.717) is 23.7 Å². The molecule has 1 aromatic heterocycles. The normalized spacial score (nSPS) is 13.5. The Morgan fingerprint density at radius 2 is 2.24 bits per heavy atom. The SMILES string of the molecule is COc1c2c(c(I)c3ccc(=O)oc13)CCO2. The standard InChI is InChI=1S/C12H9IO4/c1-15-12-10-7(4-5-16-10)9(13)6-2-3-8(14)17-11(6)12/h2-3H,4-5H2,1H3. The molecular formula is C12H9IO4. The summed E-state index contributed by atoms with van der Waals surface area (Å²) in [4.78, 5) is 11.3. The van der Waals surface area contributed by atoms with Crippen LogP contribution in [0, 0.1) is 3.57 Å². The lowest BCUT2D eigenvalue weighted by Gasteiger charge is -2.11. The van der Waals surface area contributed by atoms with Gasteiger partial charge < -0.3 is 13.9 Å². The molecular weight excluding hydrogens is 335 g/mol. The lowest BCUT2D eigenvalue weighted by molar-refractivity contribution is 0.324. The molecule has 2 heterocycles. The highest BCUT2D eigenvalue weighted by Crippen LogP contribution is 2.44. The van der Waals surface area contributed by atoms with E-state index in [1.807, 2.05) is 0 Å². The van der Waals surface area contributed by atoms with Crippen molar-refractivity contribution in [1.29, 1.82) is 0 Å². The predicted octanol–water partition coefficient (Wildman–Crippen LogP) is 2.34. The molecule has 1 aliphatic heterocycles. The van der Waals surface area contributed by atoms with E-state index in [1.54, 1.807) is 13.2 Å². The average molecular weight is 344 g/mol. The van der Waals surface area contributed by atoms with E-state index in [2.05, 4.69) is 22.6 Å². The highest BCUT2D eigenvalue weighted by Gasteiger charge is 2.25. The summed E-state index contributed by atoms with van der Waals surface area (Å²) in [5, 5.41) is 0.895. The Kier molecular flexibility index (Phi) is 2.50. The Morgan fingerprint density at radius 1 is 1.41 bits per heavy atom. The molecule has 0 amide bonds. The maximum Gasteiger partial charge on any atom is 0.336 e. The van der Waals surface area contributed by atoms with Gasteiger partial charge in [0.25, 0.3) is 0 Å². The fourth-order valence-electron chi connectivity index (χ4n) is 2.08. The van der Waals surface area contributed by atoms with Gasteiger partial charge in [-0.05, 0) is 28.7 Å². The third kappa shape index (κ3) is 1.52. The van der Waals surface area contributed by atoms with E-state index in [0.717, 1.165) is 20.9 Å². The van der Waals surface area contributed by atoms with Gasteiger partial charge in [-0.1, -0.05) is 0 Å². The van der Waals surface area contributed by atoms with Crippen molar-refractivity contribution < 1.29 is 13.9 Å². The zero-order valence-corrected chi connectivity index (χ0v) is 11.2. The molecule has 5 heteroatoms. The van der Waals surface area contributed by atoms with Gasteiger partial charge in [-0.15, -0.1) is 0 Å². The van der Waals surface area contributed by atoms with Crippen LogP contribution in [0.3, 0.4) is 0 Å². The van der Waals surface area contributed by atoms with Crippen molar-refractivity contribution in [3.8, 4) is 11.5 Å². The Hall–Kier alpha value is -1.24. The molecule has 0 radical (unpaired) electrons. The maximum absolute atomic E-state index is 11.3. The van der Waals surface area contributed by atoms with Gasteiger partial charge in [0, 0.05) is 27.0 Å². The molecule has 3 rings (SSSR count). The quantitative estimate of drug-likeness (QED) is 0.589. The first kappa shape index (κ1) is 10.9. The molecule has 1 aromatic carbocycles. The lowest BCUT2D eigenvalue weighted by Crippen LogP contribution is -1.99. The van der Waals surface area contributed by atoms with Gasteiger partial charge in [-0.2, -0.15) is 0 Å². The summed E-state index contributed by atoms with van der Waals surface area (Å²) in [6.07, 6.45) is 0.860. The molecule has 0 saturated heterocycles. The summed E-state index contributed by atoms with van der Waals surface area (Å²) in [7, 11) is 1.55. The number of methoxy groups -OCH3 is 1. The molecule has 17 heavy (non-hydrogen) atoms. The first-order chi connectivity index (χ1) is 8.22. The smallest absolute Gasteiger partial charge is 0.336 e. The number of halogens is 1. The summed E-state index contributed by atoms with van der Waals surface area (Å²) < 4.78 is 17.2. The van der Waals surface area contributed by atoms with Gasteiger partial charge in [-0.3, -0.25) is 0 Å². The topological polar surface area (TPSA) is 48.7 Å². The van der Waals surface area contributed by atoms with E-state index in [9.17, 15) is 4.79 Å². The van der Waals surface area contributed by atoms with Crippen LogP contribution in [0.1, 0.15) is 5.56 Å². The summed E-state index contributed by atoms with van der Waals surface area (Å²) in [5.41, 5.74) is 1.21. The molecule has 0 spiro atoms. The van der Waals surface area contributed by atoms with E-state index in [4.69, 9.17) is 13.9 Å². The molecule has 0 aliphatic carbocycles. The van der Waals surface area contributed by atoms with Crippen LogP contribution < -0.4 is 15.1 Å². The lowest BCUT2D eigenvalue weighted by atomic mass is 10.1. The van der Waals surface area contributed by atoms with E-state index in [1.165, 1.54) is 6.07 Å². The Labute approximate surface area is 111 Å². The molecule has 4 nitrogen and oxygen atoms in total. The third-order valence-corrected chi connectivity index (χ3v) is 4.06. The highest BCUT2D eigenvalue weighted by atomic mass is 127. The van der Waals surface area contributed by atoms with Gasteiger partial charge in [0.1, 0.15) is 0 Å². The van der Waals surface area contributed by atoms with Gasteiger partial charge in [-0.25, -0.2) is 4.79 Å². The van der Waals surface area contributed by atoms with Crippen molar-refractivity contribution >= 4 is 33.6 Å². The molecule has 1 aliphatic rings. The highest BCUT2D eigenvalue weighted by molar-refractivity contribution is 14.1. The first-order valence-electron chi connectivity index (χ1n) is 5.17. The second kappa shape index (κ2) is 3.90. The van der Waals surface area contributed by atoms with Crippen LogP contribution in [0.2, 0.25) is 0 Å². The van der Waals surface area contributed by atoms with Gasteiger partial charge in [0.2, 0.25) is 5.75 Å². The molecule has 0 unspecified atom stereocenters. The number of benzene rings is 1. The first-order valence-corrected chi connectivity index (χ1v) is 6.25.